The van der Waals surface area contributed by atoms with Crippen LogP contribution in [0.15, 0.2) is 16.5 Å². The Morgan fingerprint density at radius 3 is 3.00 bits per heavy atom. The van der Waals surface area contributed by atoms with Gasteiger partial charge >= 0.3 is 0 Å². The molecule has 0 fully saturated rings. The van der Waals surface area contributed by atoms with Crippen molar-refractivity contribution in [2.45, 2.75) is 19.9 Å². The lowest BCUT2D eigenvalue weighted by atomic mass is 10.3. The number of nitrogen functional groups attached to an aromatic ring is 1. The number of anilines is 1. The Bertz CT molecular complexity index is 788. The van der Waals surface area contributed by atoms with E-state index in [1.54, 1.807) is 10.9 Å². The van der Waals surface area contributed by atoms with Crippen molar-refractivity contribution in [2.24, 2.45) is 0 Å². The van der Waals surface area contributed by atoms with E-state index in [1.165, 1.54) is 22.7 Å². The van der Waals surface area contributed by atoms with Gasteiger partial charge in [0, 0.05) is 13.0 Å². The fourth-order valence-electron chi connectivity index (χ4n) is 1.80. The summed E-state index contributed by atoms with van der Waals surface area (Å²) < 4.78 is 2.31. The average Bonchev–Trinajstić information content (AvgIpc) is 2.96. The van der Waals surface area contributed by atoms with Gasteiger partial charge in [-0.3, -0.25) is 9.36 Å². The Balaban J connectivity index is 1.89. The highest BCUT2D eigenvalue weighted by atomic mass is 32.1. The van der Waals surface area contributed by atoms with Crippen molar-refractivity contribution in [3.05, 3.63) is 32.6 Å². The van der Waals surface area contributed by atoms with Crippen LogP contribution in [0.2, 0.25) is 0 Å². The Hall–Kier alpha value is -1.80. The maximum Gasteiger partial charge on any atom is 0.271 e. The van der Waals surface area contributed by atoms with E-state index < -0.39 is 0 Å². The minimum Gasteiger partial charge on any atom is -0.374 e. The van der Waals surface area contributed by atoms with E-state index in [0.29, 0.717) is 22.8 Å². The van der Waals surface area contributed by atoms with Crippen molar-refractivity contribution in [1.82, 2.24) is 19.7 Å². The summed E-state index contributed by atoms with van der Waals surface area (Å²) in [5.74, 6) is 0. The first kappa shape index (κ1) is 12.2. The van der Waals surface area contributed by atoms with E-state index in [-0.39, 0.29) is 5.56 Å². The van der Waals surface area contributed by atoms with Gasteiger partial charge < -0.3 is 5.73 Å². The molecule has 6 nitrogen and oxygen atoms in total. The van der Waals surface area contributed by atoms with E-state index in [1.807, 2.05) is 12.3 Å². The van der Waals surface area contributed by atoms with Gasteiger partial charge in [0.15, 0.2) is 0 Å². The van der Waals surface area contributed by atoms with Crippen LogP contribution in [0, 0.1) is 6.92 Å². The van der Waals surface area contributed by atoms with Crippen molar-refractivity contribution in [3.8, 4) is 0 Å². The van der Waals surface area contributed by atoms with Crippen LogP contribution in [0.25, 0.3) is 10.2 Å². The molecule has 0 bridgehead atoms. The standard InChI is InChI=1S/C11H11N5OS2/c1-6-4-18-9-8(6)13-5-16(10(9)17)3-2-7-14-15-11(12)19-7/h4-5H,2-3H2,1H3,(H2,12,15). The first-order chi connectivity index (χ1) is 9.15. The minimum absolute atomic E-state index is 0.000544. The quantitative estimate of drug-likeness (QED) is 0.789. The Kier molecular flexibility index (Phi) is 3.03. The molecule has 0 atom stereocenters. The number of aryl methyl sites for hydroxylation is 3. The van der Waals surface area contributed by atoms with Gasteiger partial charge in [-0.15, -0.1) is 21.5 Å². The van der Waals surface area contributed by atoms with Gasteiger partial charge in [-0.1, -0.05) is 11.3 Å². The second kappa shape index (κ2) is 4.71. The van der Waals surface area contributed by atoms with E-state index in [4.69, 9.17) is 5.73 Å². The van der Waals surface area contributed by atoms with Crippen LogP contribution in [-0.2, 0) is 13.0 Å². The van der Waals surface area contributed by atoms with Gasteiger partial charge in [0.1, 0.15) is 9.71 Å². The minimum atomic E-state index is 0.000544. The van der Waals surface area contributed by atoms with Gasteiger partial charge in [-0.2, -0.15) is 0 Å². The molecule has 0 saturated carbocycles. The number of aromatic nitrogens is 4. The lowest BCUT2D eigenvalue weighted by molar-refractivity contribution is 0.658. The summed E-state index contributed by atoms with van der Waals surface area (Å²) in [4.78, 5) is 16.6. The van der Waals surface area contributed by atoms with Crippen LogP contribution in [0.3, 0.4) is 0 Å². The fraction of sp³-hybridized carbons (Fsp3) is 0.273. The van der Waals surface area contributed by atoms with E-state index in [9.17, 15) is 4.79 Å². The molecule has 0 amide bonds. The highest BCUT2D eigenvalue weighted by Crippen LogP contribution is 2.19. The number of nitrogens with two attached hydrogens (primary N) is 1. The third-order valence-corrected chi connectivity index (χ3v) is 4.66. The molecule has 19 heavy (non-hydrogen) atoms. The number of fused-ring (bicyclic) bond motifs is 1. The van der Waals surface area contributed by atoms with Gasteiger partial charge in [0.05, 0.1) is 11.8 Å². The number of nitrogens with zero attached hydrogens (tertiary/aromatic N) is 4. The molecule has 3 aromatic heterocycles. The summed E-state index contributed by atoms with van der Waals surface area (Å²) in [5.41, 5.74) is 7.36. The third-order valence-electron chi connectivity index (χ3n) is 2.77. The van der Waals surface area contributed by atoms with E-state index in [0.717, 1.165) is 16.1 Å². The molecule has 0 spiro atoms. The molecule has 0 aliphatic rings. The zero-order chi connectivity index (χ0) is 13.4. The molecule has 0 radical (unpaired) electrons. The van der Waals surface area contributed by atoms with E-state index in [2.05, 4.69) is 15.2 Å². The van der Waals surface area contributed by atoms with Crippen LogP contribution in [-0.4, -0.2) is 19.7 Å². The SMILES string of the molecule is Cc1csc2c(=O)n(CCc3nnc(N)s3)cnc12. The fourth-order valence-corrected chi connectivity index (χ4v) is 3.35. The van der Waals surface area contributed by atoms with Crippen LogP contribution < -0.4 is 11.3 Å². The summed E-state index contributed by atoms with van der Waals surface area (Å²) in [6.07, 6.45) is 2.22. The molecule has 3 heterocycles. The Morgan fingerprint density at radius 2 is 2.26 bits per heavy atom. The normalized spacial score (nSPS) is 11.2. The summed E-state index contributed by atoms with van der Waals surface area (Å²) >= 11 is 2.78. The molecule has 0 unspecified atom stereocenters. The van der Waals surface area contributed by atoms with Gasteiger partial charge in [0.2, 0.25) is 5.13 Å². The van der Waals surface area contributed by atoms with Gasteiger partial charge in [0.25, 0.3) is 5.56 Å². The maximum atomic E-state index is 12.2. The zero-order valence-electron chi connectivity index (χ0n) is 10.2. The zero-order valence-corrected chi connectivity index (χ0v) is 11.8. The lowest BCUT2D eigenvalue weighted by Crippen LogP contribution is -2.20. The number of hydrogen-bond acceptors (Lipinski definition) is 7. The summed E-state index contributed by atoms with van der Waals surface area (Å²) in [5, 5.41) is 10.9. The molecule has 98 valence electrons. The van der Waals surface area contributed by atoms with Crippen molar-refractivity contribution in [1.29, 1.82) is 0 Å². The molecule has 0 aliphatic heterocycles. The van der Waals surface area contributed by atoms with Crippen LogP contribution in [0.5, 0.6) is 0 Å². The van der Waals surface area contributed by atoms with Crippen LogP contribution in [0.1, 0.15) is 10.6 Å². The highest BCUT2D eigenvalue weighted by Gasteiger charge is 2.09. The topological polar surface area (TPSA) is 86.7 Å². The highest BCUT2D eigenvalue weighted by molar-refractivity contribution is 7.17. The third kappa shape index (κ3) is 2.24. The smallest absolute Gasteiger partial charge is 0.271 e. The van der Waals surface area contributed by atoms with Crippen molar-refractivity contribution < 1.29 is 0 Å². The molecule has 0 aliphatic carbocycles. The second-order valence-electron chi connectivity index (χ2n) is 4.12. The first-order valence-corrected chi connectivity index (χ1v) is 7.36. The molecule has 0 saturated heterocycles. The summed E-state index contributed by atoms with van der Waals surface area (Å²) in [6, 6.07) is 0. The number of thiophene rings is 1. The molecular formula is C11H11N5OS2. The summed E-state index contributed by atoms with van der Waals surface area (Å²) in [6.45, 7) is 2.49. The Labute approximate surface area is 116 Å². The van der Waals surface area contributed by atoms with Crippen LogP contribution >= 0.6 is 22.7 Å². The predicted octanol–water partition coefficient (Wildman–Crippen LogP) is 1.44. The van der Waals surface area contributed by atoms with Crippen LogP contribution in [0.4, 0.5) is 5.13 Å². The maximum absolute atomic E-state index is 12.2. The Morgan fingerprint density at radius 1 is 1.42 bits per heavy atom. The second-order valence-corrected chi connectivity index (χ2v) is 6.10. The predicted molar refractivity (Wildman–Crippen MR) is 76.6 cm³/mol. The molecule has 8 heteroatoms. The number of rotatable bonds is 3. The molecule has 2 N–H and O–H groups in total. The molecule has 3 rings (SSSR count). The average molecular weight is 293 g/mol. The van der Waals surface area contributed by atoms with Crippen molar-refractivity contribution >= 4 is 38.0 Å². The first-order valence-electron chi connectivity index (χ1n) is 5.66. The number of hydrogen-bond donors (Lipinski definition) is 1. The monoisotopic (exact) mass is 293 g/mol. The summed E-state index contributed by atoms with van der Waals surface area (Å²) in [7, 11) is 0. The van der Waals surface area contributed by atoms with Gasteiger partial charge in [-0.05, 0) is 17.9 Å². The molecular weight excluding hydrogens is 282 g/mol. The van der Waals surface area contributed by atoms with E-state index >= 15 is 0 Å². The van der Waals surface area contributed by atoms with Crippen molar-refractivity contribution in [2.75, 3.05) is 5.73 Å². The molecule has 3 aromatic rings. The van der Waals surface area contributed by atoms with Gasteiger partial charge in [-0.25, -0.2) is 4.98 Å². The lowest BCUT2D eigenvalue weighted by Gasteiger charge is -2.03. The largest absolute Gasteiger partial charge is 0.374 e. The van der Waals surface area contributed by atoms with Crippen molar-refractivity contribution in [3.63, 3.8) is 0 Å². The molecule has 0 aromatic carbocycles.